The number of hydrogen-bond acceptors (Lipinski definition) is 4. The molecule has 0 spiro atoms. The lowest BCUT2D eigenvalue weighted by atomic mass is 9.96. The molecule has 0 bridgehead atoms. The summed E-state index contributed by atoms with van der Waals surface area (Å²) < 4.78 is 53.7. The molecular formula is C25H32Cl2F3NO4Si. The van der Waals surface area contributed by atoms with E-state index in [4.69, 9.17) is 32.4 Å². The number of ether oxygens (including phenoxy) is 2. The lowest BCUT2D eigenvalue weighted by Gasteiger charge is -2.36. The van der Waals surface area contributed by atoms with Gasteiger partial charge in [-0.3, -0.25) is 4.79 Å². The number of alkyl halides is 3. The number of hydrogen-bond donors (Lipinski definition) is 1. The average molecular weight is 567 g/mol. The second-order valence-electron chi connectivity index (χ2n) is 9.86. The average Bonchev–Trinajstić information content (AvgIpc) is 2.75. The molecule has 2 aromatic rings. The second kappa shape index (κ2) is 12.1. The van der Waals surface area contributed by atoms with E-state index in [9.17, 15) is 18.0 Å². The molecule has 0 radical (unpaired) electrons. The quantitative estimate of drug-likeness (QED) is 0.298. The lowest BCUT2D eigenvalue weighted by Crippen LogP contribution is -2.41. The van der Waals surface area contributed by atoms with Crippen LogP contribution in [0.1, 0.15) is 49.0 Å². The van der Waals surface area contributed by atoms with Gasteiger partial charge in [0.05, 0.1) is 22.7 Å². The summed E-state index contributed by atoms with van der Waals surface area (Å²) in [7, 11) is -0.813. The molecule has 0 aliphatic rings. The summed E-state index contributed by atoms with van der Waals surface area (Å²) in [5, 5.41) is 3.63. The Kier molecular flexibility index (Phi) is 10.2. The van der Waals surface area contributed by atoms with Gasteiger partial charge in [0.15, 0.2) is 19.8 Å². The van der Waals surface area contributed by atoms with Crippen LogP contribution in [0.4, 0.5) is 13.2 Å². The Hall–Kier alpha value is -1.94. The van der Waals surface area contributed by atoms with E-state index in [1.54, 1.807) is 12.1 Å². The van der Waals surface area contributed by atoms with Crippen molar-refractivity contribution in [1.82, 2.24) is 5.32 Å². The predicted molar refractivity (Wildman–Crippen MR) is 139 cm³/mol. The van der Waals surface area contributed by atoms with Crippen molar-refractivity contribution in [2.24, 2.45) is 0 Å². The lowest BCUT2D eigenvalue weighted by molar-refractivity contribution is -0.275. The first-order valence-electron chi connectivity index (χ1n) is 11.4. The predicted octanol–water partition coefficient (Wildman–Crippen LogP) is 7.83. The van der Waals surface area contributed by atoms with Gasteiger partial charge in [0.25, 0.3) is 5.91 Å². The van der Waals surface area contributed by atoms with Crippen molar-refractivity contribution >= 4 is 37.4 Å². The number of benzene rings is 2. The fourth-order valence-corrected chi connectivity index (χ4v) is 4.61. The van der Waals surface area contributed by atoms with Gasteiger partial charge < -0.3 is 19.2 Å². The second-order valence-corrected chi connectivity index (χ2v) is 15.5. The first-order chi connectivity index (χ1) is 16.6. The molecule has 0 aliphatic carbocycles. The Morgan fingerprint density at radius 1 is 1.08 bits per heavy atom. The highest BCUT2D eigenvalue weighted by molar-refractivity contribution is 6.74. The maximum atomic E-state index is 13.0. The zero-order chi connectivity index (χ0) is 27.3. The van der Waals surface area contributed by atoms with Gasteiger partial charge in [-0.2, -0.15) is 0 Å². The number of carbonyl (C=O) groups excluding carboxylic acids is 1. The van der Waals surface area contributed by atoms with E-state index >= 15 is 0 Å². The minimum Gasteiger partial charge on any atom is -0.492 e. The standard InChI is InChI=1S/C25H32Cl2F3NO4Si/c1-24(2,3)36(5,6)34-13-12-17(16-10-11-19(26)20(27)14-16)15-31-23(32)18-8-7-9-21(22(18)33-4)35-25(28,29)30/h7-11,14,17H,12-13,15H2,1-6H3,(H,31,32). The third-order valence-corrected chi connectivity index (χ3v) is 11.6. The highest BCUT2D eigenvalue weighted by Gasteiger charge is 2.37. The summed E-state index contributed by atoms with van der Waals surface area (Å²) in [4.78, 5) is 13.0. The first kappa shape index (κ1) is 30.3. The fraction of sp³-hybridized carbons (Fsp3) is 0.480. The monoisotopic (exact) mass is 565 g/mol. The molecule has 11 heteroatoms. The van der Waals surface area contributed by atoms with Crippen molar-refractivity contribution in [3.63, 3.8) is 0 Å². The third kappa shape index (κ3) is 8.29. The van der Waals surface area contributed by atoms with Crippen LogP contribution in [0.25, 0.3) is 0 Å². The van der Waals surface area contributed by atoms with E-state index in [1.807, 2.05) is 6.07 Å². The van der Waals surface area contributed by atoms with Crippen molar-refractivity contribution in [2.45, 2.75) is 57.6 Å². The van der Waals surface area contributed by atoms with Gasteiger partial charge in [-0.1, -0.05) is 56.1 Å². The van der Waals surface area contributed by atoms with Crippen LogP contribution in [0.5, 0.6) is 11.5 Å². The minimum atomic E-state index is -4.93. The van der Waals surface area contributed by atoms with Crippen molar-refractivity contribution < 1.29 is 31.9 Å². The Morgan fingerprint density at radius 2 is 1.75 bits per heavy atom. The van der Waals surface area contributed by atoms with Crippen molar-refractivity contribution in [1.29, 1.82) is 0 Å². The molecule has 0 aromatic heterocycles. The number of carbonyl (C=O) groups is 1. The summed E-state index contributed by atoms with van der Waals surface area (Å²) in [5.41, 5.74) is 0.773. The molecule has 2 aromatic carbocycles. The third-order valence-electron chi connectivity index (χ3n) is 6.31. The SMILES string of the molecule is COc1c(OC(F)(F)F)cccc1C(=O)NCC(CCO[Si](C)(C)C(C)(C)C)c1ccc(Cl)c(Cl)c1. The van der Waals surface area contributed by atoms with E-state index in [2.05, 4.69) is 43.9 Å². The van der Waals surface area contributed by atoms with E-state index in [0.717, 1.165) is 11.6 Å². The smallest absolute Gasteiger partial charge is 0.492 e. The molecule has 1 atom stereocenters. The molecular weight excluding hydrogens is 534 g/mol. The van der Waals surface area contributed by atoms with Crippen molar-refractivity contribution in [2.75, 3.05) is 20.3 Å². The molecule has 0 saturated carbocycles. The number of amides is 1. The van der Waals surface area contributed by atoms with Crippen LogP contribution in [-0.4, -0.2) is 40.8 Å². The number of nitrogens with one attached hydrogen (secondary N) is 1. The molecule has 1 unspecified atom stereocenters. The van der Waals surface area contributed by atoms with E-state index in [0.29, 0.717) is 23.1 Å². The van der Waals surface area contributed by atoms with Gasteiger partial charge in [-0.05, 0) is 54.4 Å². The Morgan fingerprint density at radius 3 is 2.31 bits per heavy atom. The Labute approximate surface area is 221 Å². The van der Waals surface area contributed by atoms with Crippen LogP contribution >= 0.6 is 23.2 Å². The van der Waals surface area contributed by atoms with Gasteiger partial charge in [0.2, 0.25) is 0 Å². The molecule has 1 N–H and O–H groups in total. The summed E-state index contributed by atoms with van der Waals surface area (Å²) in [6.45, 7) is 11.4. The maximum Gasteiger partial charge on any atom is 0.573 e. The minimum absolute atomic E-state index is 0.0420. The van der Waals surface area contributed by atoms with Crippen LogP contribution < -0.4 is 14.8 Å². The number of rotatable bonds is 10. The largest absolute Gasteiger partial charge is 0.573 e. The fourth-order valence-electron chi connectivity index (χ4n) is 3.25. The van der Waals surface area contributed by atoms with E-state index in [-0.39, 0.29) is 28.8 Å². The van der Waals surface area contributed by atoms with Gasteiger partial charge in [-0.25, -0.2) is 0 Å². The summed E-state index contributed by atoms with van der Waals surface area (Å²) in [5.74, 6) is -1.69. The van der Waals surface area contributed by atoms with E-state index < -0.39 is 26.3 Å². The first-order valence-corrected chi connectivity index (χ1v) is 15.0. The molecule has 0 fully saturated rings. The summed E-state index contributed by atoms with van der Waals surface area (Å²) in [6.07, 6.45) is -4.34. The summed E-state index contributed by atoms with van der Waals surface area (Å²) in [6, 6.07) is 9.00. The molecule has 5 nitrogen and oxygen atoms in total. The molecule has 2 rings (SSSR count). The molecule has 0 aliphatic heterocycles. The van der Waals surface area contributed by atoms with Crippen LogP contribution in [0.3, 0.4) is 0 Å². The van der Waals surface area contributed by atoms with Gasteiger partial charge in [0.1, 0.15) is 0 Å². The normalized spacial score (nSPS) is 13.3. The molecule has 200 valence electrons. The van der Waals surface area contributed by atoms with E-state index in [1.165, 1.54) is 19.2 Å². The maximum absolute atomic E-state index is 13.0. The van der Waals surface area contributed by atoms with Gasteiger partial charge in [0, 0.05) is 19.1 Å². The van der Waals surface area contributed by atoms with Crippen LogP contribution in [0.2, 0.25) is 28.2 Å². The molecule has 1 amide bonds. The van der Waals surface area contributed by atoms with Crippen molar-refractivity contribution in [3.05, 3.63) is 57.6 Å². The Balaban J connectivity index is 2.23. The molecule has 0 heterocycles. The Bertz CT molecular complexity index is 1060. The molecule has 36 heavy (non-hydrogen) atoms. The highest BCUT2D eigenvalue weighted by atomic mass is 35.5. The molecule has 0 saturated heterocycles. The topological polar surface area (TPSA) is 56.8 Å². The van der Waals surface area contributed by atoms with Gasteiger partial charge >= 0.3 is 6.36 Å². The van der Waals surface area contributed by atoms with Crippen LogP contribution in [0.15, 0.2) is 36.4 Å². The van der Waals surface area contributed by atoms with Crippen LogP contribution in [0, 0.1) is 0 Å². The number of methoxy groups -OCH3 is 1. The zero-order valence-electron chi connectivity index (χ0n) is 21.2. The summed E-state index contributed by atoms with van der Waals surface area (Å²) >= 11 is 12.3. The highest BCUT2D eigenvalue weighted by Crippen LogP contribution is 2.38. The number of para-hydroxylation sites is 1. The number of halogens is 5. The van der Waals surface area contributed by atoms with Gasteiger partial charge in [-0.15, -0.1) is 13.2 Å². The zero-order valence-corrected chi connectivity index (χ0v) is 23.7. The van der Waals surface area contributed by atoms with Crippen LogP contribution in [-0.2, 0) is 4.43 Å². The van der Waals surface area contributed by atoms with Crippen molar-refractivity contribution in [3.8, 4) is 11.5 Å².